The van der Waals surface area contributed by atoms with Crippen molar-refractivity contribution in [1.82, 2.24) is 0 Å². The van der Waals surface area contributed by atoms with Gasteiger partial charge in [0.1, 0.15) is 0 Å². The van der Waals surface area contributed by atoms with Gasteiger partial charge >= 0.3 is 13.6 Å². The molecule has 5 nitrogen and oxygen atoms in total. The normalized spacial score (nSPS) is 13.0. The third kappa shape index (κ3) is 3.92. The van der Waals surface area contributed by atoms with Crippen LogP contribution in [0.25, 0.3) is 0 Å². The molecule has 0 N–H and O–H groups in total. The summed E-state index contributed by atoms with van der Waals surface area (Å²) in [6.07, 6.45) is 0. The van der Waals surface area contributed by atoms with Gasteiger partial charge in [0.15, 0.2) is 5.66 Å². The van der Waals surface area contributed by atoms with E-state index < -0.39 is 19.2 Å². The number of esters is 1. The minimum Gasteiger partial charge on any atom is -0.468 e. The van der Waals surface area contributed by atoms with Gasteiger partial charge in [-0.25, -0.2) is 0 Å². The molecule has 0 aliphatic rings. The van der Waals surface area contributed by atoms with Crippen LogP contribution in [-0.2, 0) is 23.1 Å². The molecule has 0 amide bonds. The molecule has 112 valence electrons. The van der Waals surface area contributed by atoms with Crippen molar-refractivity contribution < 1.29 is 23.1 Å². The molecule has 0 heterocycles. The Morgan fingerprint density at radius 3 is 2.30 bits per heavy atom. The van der Waals surface area contributed by atoms with Gasteiger partial charge in [0.05, 0.1) is 20.3 Å². The number of hydrogen-bond donors (Lipinski definition) is 0. The largest absolute Gasteiger partial charge is 0.468 e. The molecule has 0 spiro atoms. The van der Waals surface area contributed by atoms with Crippen LogP contribution in [-0.4, -0.2) is 26.3 Å². The second kappa shape index (κ2) is 7.58. The summed E-state index contributed by atoms with van der Waals surface area (Å²) in [5.41, 5.74) is 0.463. The van der Waals surface area contributed by atoms with Crippen LogP contribution in [0.5, 0.6) is 0 Å². The van der Waals surface area contributed by atoms with Crippen LogP contribution in [0.2, 0.25) is 0 Å². The van der Waals surface area contributed by atoms with Gasteiger partial charge in [-0.3, -0.25) is 9.36 Å². The number of methoxy groups -OCH3 is 1. The molecule has 1 aromatic rings. The number of benzene rings is 1. The monoisotopic (exact) mass is 300 g/mol. The fourth-order valence-corrected chi connectivity index (χ4v) is 3.93. The maximum absolute atomic E-state index is 12.9. The quantitative estimate of drug-likeness (QED) is 0.570. The van der Waals surface area contributed by atoms with Crippen LogP contribution in [0.1, 0.15) is 30.6 Å². The van der Waals surface area contributed by atoms with Crippen LogP contribution in [0, 0.1) is 6.92 Å². The van der Waals surface area contributed by atoms with Crippen molar-refractivity contribution in [2.75, 3.05) is 20.3 Å². The molecule has 0 saturated heterocycles. The number of ether oxygens (including phenoxy) is 1. The third-order valence-electron chi connectivity index (χ3n) is 2.72. The van der Waals surface area contributed by atoms with E-state index in [0.717, 1.165) is 5.56 Å². The average molecular weight is 300 g/mol. The van der Waals surface area contributed by atoms with Crippen molar-refractivity contribution in [3.63, 3.8) is 0 Å². The summed E-state index contributed by atoms with van der Waals surface area (Å²) in [4.78, 5) is 12.1. The Balaban J connectivity index is 3.30. The molecule has 20 heavy (non-hydrogen) atoms. The average Bonchev–Trinajstić information content (AvgIpc) is 2.39. The predicted octanol–water partition coefficient (Wildman–Crippen LogP) is 3.48. The van der Waals surface area contributed by atoms with Crippen molar-refractivity contribution in [3.05, 3.63) is 35.4 Å². The number of rotatable bonds is 7. The van der Waals surface area contributed by atoms with Gasteiger partial charge < -0.3 is 13.8 Å². The molecule has 1 rings (SSSR count). The van der Waals surface area contributed by atoms with Gasteiger partial charge in [0, 0.05) is 0 Å². The molecule has 0 fully saturated rings. The molecule has 0 aliphatic carbocycles. The SMILES string of the molecule is CCOP(=O)(OCC)C(C(=O)OC)c1cccc(C)c1. The van der Waals surface area contributed by atoms with Crippen LogP contribution in [0.4, 0.5) is 0 Å². The van der Waals surface area contributed by atoms with Crippen molar-refractivity contribution in [1.29, 1.82) is 0 Å². The summed E-state index contributed by atoms with van der Waals surface area (Å²) in [6, 6.07) is 7.19. The van der Waals surface area contributed by atoms with Crippen LogP contribution < -0.4 is 0 Å². The van der Waals surface area contributed by atoms with Crippen LogP contribution >= 0.6 is 7.60 Å². The van der Waals surface area contributed by atoms with Crippen molar-refractivity contribution >= 4 is 13.6 Å². The summed E-state index contributed by atoms with van der Waals surface area (Å²) in [7, 11) is -2.36. The molecule has 0 aliphatic heterocycles. The van der Waals surface area contributed by atoms with Gasteiger partial charge in [-0.05, 0) is 26.3 Å². The van der Waals surface area contributed by atoms with E-state index in [4.69, 9.17) is 13.8 Å². The highest BCUT2D eigenvalue weighted by Gasteiger charge is 2.43. The molecule has 0 radical (unpaired) electrons. The zero-order valence-corrected chi connectivity index (χ0v) is 13.2. The van der Waals surface area contributed by atoms with E-state index in [1.807, 2.05) is 13.0 Å². The van der Waals surface area contributed by atoms with Crippen molar-refractivity contribution in [2.24, 2.45) is 0 Å². The molecule has 1 unspecified atom stereocenters. The molecular weight excluding hydrogens is 279 g/mol. The fraction of sp³-hybridized carbons (Fsp3) is 0.500. The fourth-order valence-electron chi connectivity index (χ4n) is 1.95. The first-order valence-electron chi connectivity index (χ1n) is 6.51. The number of aryl methyl sites for hydroxylation is 1. The first-order valence-corrected chi connectivity index (χ1v) is 8.12. The molecule has 0 saturated carbocycles. The summed E-state index contributed by atoms with van der Waals surface area (Å²) in [6.45, 7) is 5.68. The van der Waals surface area contributed by atoms with Gasteiger partial charge in [-0.2, -0.15) is 0 Å². The first kappa shape index (κ1) is 16.9. The molecule has 0 aromatic heterocycles. The lowest BCUT2D eigenvalue weighted by Gasteiger charge is -2.24. The minimum absolute atomic E-state index is 0.191. The van der Waals surface area contributed by atoms with Gasteiger partial charge in [-0.1, -0.05) is 29.8 Å². The zero-order chi connectivity index (χ0) is 15.2. The Labute approximate surface area is 119 Å². The molecule has 1 aromatic carbocycles. The van der Waals surface area contributed by atoms with E-state index in [0.29, 0.717) is 5.56 Å². The maximum Gasteiger partial charge on any atom is 0.349 e. The van der Waals surface area contributed by atoms with Gasteiger partial charge in [0.2, 0.25) is 0 Å². The summed E-state index contributed by atoms with van der Waals surface area (Å²) in [5.74, 6) is -0.624. The van der Waals surface area contributed by atoms with E-state index in [1.165, 1.54) is 7.11 Å². The highest BCUT2D eigenvalue weighted by Crippen LogP contribution is 2.61. The molecular formula is C14H21O5P. The lowest BCUT2D eigenvalue weighted by Crippen LogP contribution is -2.18. The van der Waals surface area contributed by atoms with Gasteiger partial charge in [0.25, 0.3) is 0 Å². The molecule has 0 bridgehead atoms. The zero-order valence-electron chi connectivity index (χ0n) is 12.3. The van der Waals surface area contributed by atoms with E-state index in [-0.39, 0.29) is 13.2 Å². The van der Waals surface area contributed by atoms with E-state index >= 15 is 0 Å². The summed E-state index contributed by atoms with van der Waals surface area (Å²) in [5, 5.41) is 0. The Morgan fingerprint density at radius 1 is 1.25 bits per heavy atom. The van der Waals surface area contributed by atoms with E-state index in [2.05, 4.69) is 0 Å². The highest BCUT2D eigenvalue weighted by molar-refractivity contribution is 7.55. The topological polar surface area (TPSA) is 61.8 Å². The summed E-state index contributed by atoms with van der Waals surface area (Å²) < 4.78 is 28.2. The van der Waals surface area contributed by atoms with Crippen molar-refractivity contribution in [3.8, 4) is 0 Å². The lowest BCUT2D eigenvalue weighted by atomic mass is 10.1. The second-order valence-corrected chi connectivity index (χ2v) is 6.33. The second-order valence-electron chi connectivity index (χ2n) is 4.22. The Kier molecular flexibility index (Phi) is 6.40. The Morgan fingerprint density at radius 2 is 1.85 bits per heavy atom. The standard InChI is InChI=1S/C14H21O5P/c1-5-18-20(16,19-6-2)13(14(15)17-4)12-9-7-8-11(3)10-12/h7-10,13H,5-6H2,1-4H3. The van der Waals surface area contributed by atoms with Gasteiger partial charge in [-0.15, -0.1) is 0 Å². The molecule has 1 atom stereocenters. The lowest BCUT2D eigenvalue weighted by molar-refractivity contribution is -0.140. The minimum atomic E-state index is -3.62. The van der Waals surface area contributed by atoms with E-state index in [1.54, 1.807) is 32.0 Å². The molecule has 6 heteroatoms. The van der Waals surface area contributed by atoms with E-state index in [9.17, 15) is 9.36 Å². The Bertz CT molecular complexity index is 490. The maximum atomic E-state index is 12.9. The number of carbonyl (C=O) groups excluding carboxylic acids is 1. The summed E-state index contributed by atoms with van der Waals surface area (Å²) >= 11 is 0. The first-order chi connectivity index (χ1) is 9.48. The van der Waals surface area contributed by atoms with Crippen LogP contribution in [0.3, 0.4) is 0 Å². The third-order valence-corrected chi connectivity index (χ3v) is 5.09. The Hall–Kier alpha value is -1.16. The predicted molar refractivity (Wildman–Crippen MR) is 76.8 cm³/mol. The number of hydrogen-bond acceptors (Lipinski definition) is 5. The smallest absolute Gasteiger partial charge is 0.349 e. The van der Waals surface area contributed by atoms with Crippen LogP contribution in [0.15, 0.2) is 24.3 Å². The van der Waals surface area contributed by atoms with Crippen molar-refractivity contribution in [2.45, 2.75) is 26.4 Å². The highest BCUT2D eigenvalue weighted by atomic mass is 31.2. The number of carbonyl (C=O) groups is 1.